The topological polar surface area (TPSA) is 28.9 Å². The van der Waals surface area contributed by atoms with Gasteiger partial charge in [-0.1, -0.05) is 134 Å². The predicted octanol–water partition coefficient (Wildman–Crippen LogP) is 13.7. The third-order valence-electron chi connectivity index (χ3n) is 12.7. The Labute approximate surface area is 331 Å². The highest BCUT2D eigenvalue weighted by Gasteiger charge is 2.37. The van der Waals surface area contributed by atoms with Gasteiger partial charge < -0.3 is 19.0 Å². The molecule has 1 aliphatic heterocycles. The van der Waals surface area contributed by atoms with Crippen LogP contribution in [0.5, 0.6) is 5.75 Å². The Kier molecular flexibility index (Phi) is 7.19. The van der Waals surface area contributed by atoms with Crippen LogP contribution in [0, 0.1) is 5.92 Å². The van der Waals surface area contributed by atoms with Crippen LogP contribution in [0.3, 0.4) is 0 Å². The van der Waals surface area contributed by atoms with Gasteiger partial charge in [-0.3, -0.25) is 0 Å². The van der Waals surface area contributed by atoms with Crippen LogP contribution in [0.25, 0.3) is 43.5 Å². The zero-order valence-electron chi connectivity index (χ0n) is 31.7. The second-order valence-electron chi connectivity index (χ2n) is 15.9. The third kappa shape index (κ3) is 4.86. The van der Waals surface area contributed by atoms with Gasteiger partial charge in [0.05, 0.1) is 23.1 Å². The summed E-state index contributed by atoms with van der Waals surface area (Å²) in [6.07, 6.45) is 19.7. The number of hydrogen-bond acceptors (Lipinski definition) is 4. The van der Waals surface area contributed by atoms with Crippen molar-refractivity contribution in [2.75, 3.05) is 9.80 Å². The number of furan rings is 1. The molecule has 0 N–H and O–H groups in total. The monoisotopic (exact) mass is 736 g/mol. The number of anilines is 5. The average Bonchev–Trinajstić information content (AvgIpc) is 3.84. The molecule has 4 unspecified atom stereocenters. The van der Waals surface area contributed by atoms with Crippen molar-refractivity contribution in [2.45, 2.75) is 37.8 Å². The van der Waals surface area contributed by atoms with E-state index < -0.39 is 0 Å². The van der Waals surface area contributed by atoms with E-state index in [1.165, 1.54) is 49.6 Å². The van der Waals surface area contributed by atoms with E-state index in [1.807, 2.05) is 6.07 Å². The Morgan fingerprint density at radius 2 is 1.33 bits per heavy atom. The number of ether oxygens (including phenoxy) is 1. The summed E-state index contributed by atoms with van der Waals surface area (Å²) in [6, 6.07) is 46.6. The van der Waals surface area contributed by atoms with E-state index in [1.54, 1.807) is 0 Å². The maximum Gasteiger partial charge on any atom is 0.159 e. The fourth-order valence-corrected chi connectivity index (χ4v) is 10.1. The van der Waals surface area contributed by atoms with Crippen LogP contribution in [0.2, 0.25) is 0 Å². The minimum absolute atomic E-state index is 0.0137. The van der Waals surface area contributed by atoms with Crippen LogP contribution < -0.4 is 14.5 Å². The van der Waals surface area contributed by atoms with Crippen molar-refractivity contribution in [3.8, 4) is 5.75 Å². The van der Waals surface area contributed by atoms with Gasteiger partial charge in [0, 0.05) is 39.0 Å². The predicted molar refractivity (Wildman–Crippen MR) is 236 cm³/mol. The molecule has 4 nitrogen and oxygen atoms in total. The van der Waals surface area contributed by atoms with Crippen LogP contribution in [-0.4, -0.2) is 12.1 Å². The Morgan fingerprint density at radius 3 is 2.26 bits per heavy atom. The van der Waals surface area contributed by atoms with Crippen molar-refractivity contribution >= 4 is 71.9 Å². The fraction of sp³-hybridized carbons (Fsp3) is 0.132. The fourth-order valence-electron chi connectivity index (χ4n) is 10.1. The molecule has 0 amide bonds. The van der Waals surface area contributed by atoms with Crippen molar-refractivity contribution in [2.24, 2.45) is 5.92 Å². The Morgan fingerprint density at radius 1 is 0.561 bits per heavy atom. The molecule has 12 rings (SSSR count). The van der Waals surface area contributed by atoms with E-state index in [0.717, 1.165) is 57.6 Å². The highest BCUT2D eigenvalue weighted by Crippen LogP contribution is 2.52. The first-order valence-corrected chi connectivity index (χ1v) is 20.3. The number of fused-ring (bicyclic) bond motifs is 6. The molecule has 0 saturated heterocycles. The minimum atomic E-state index is 0.0137. The van der Waals surface area contributed by atoms with E-state index in [9.17, 15) is 0 Å². The Hall–Kier alpha value is -6.78. The first-order chi connectivity index (χ1) is 28.2. The third-order valence-corrected chi connectivity index (χ3v) is 12.7. The lowest BCUT2D eigenvalue weighted by molar-refractivity contribution is 0.269. The summed E-state index contributed by atoms with van der Waals surface area (Å²) in [7, 11) is 0. The van der Waals surface area contributed by atoms with Crippen LogP contribution in [0.4, 0.5) is 28.4 Å². The molecular weight excluding hydrogens is 697 g/mol. The Bertz CT molecular complexity index is 3060. The van der Waals surface area contributed by atoms with E-state index in [2.05, 4.69) is 187 Å². The number of benzene rings is 7. The number of nitrogens with zero attached hydrogens (tertiary/aromatic N) is 2. The molecule has 4 atom stereocenters. The molecule has 1 aromatic heterocycles. The van der Waals surface area contributed by atoms with Gasteiger partial charge in [-0.05, 0) is 94.6 Å². The number of hydrogen-bond donors (Lipinski definition) is 0. The summed E-state index contributed by atoms with van der Waals surface area (Å²) in [5.41, 5.74) is 11.5. The van der Waals surface area contributed by atoms with Crippen molar-refractivity contribution in [3.05, 3.63) is 193 Å². The van der Waals surface area contributed by atoms with Crippen molar-refractivity contribution in [3.63, 3.8) is 0 Å². The maximum atomic E-state index is 6.85. The molecule has 0 bridgehead atoms. The number of para-hydroxylation sites is 4. The van der Waals surface area contributed by atoms with Gasteiger partial charge >= 0.3 is 0 Å². The zero-order valence-corrected chi connectivity index (χ0v) is 31.7. The normalized spacial score (nSPS) is 20.1. The molecule has 7 aromatic carbocycles. The molecule has 57 heavy (non-hydrogen) atoms. The second kappa shape index (κ2) is 12.6. The quantitative estimate of drug-likeness (QED) is 0.159. The minimum Gasteiger partial charge on any atom is -0.483 e. The molecule has 4 aliphatic rings. The summed E-state index contributed by atoms with van der Waals surface area (Å²) in [4.78, 5) is 4.99. The van der Waals surface area contributed by atoms with E-state index in [4.69, 9.17) is 9.15 Å². The van der Waals surface area contributed by atoms with Crippen LogP contribution in [-0.2, 0) is 12.8 Å². The molecule has 4 heteroatoms. The van der Waals surface area contributed by atoms with Gasteiger partial charge in [-0.2, -0.15) is 0 Å². The standard InChI is InChI=1S/C53H40N2O2/c1-33-13-5-8-20-43(33)55(47-22-12-19-40-38-17-7-10-24-49(38)57-53(40)47)45-32-28-35-25-29-41-44(31-27-34-26-30-42(45)51(35)50(34)41)54(36-14-3-2-4-15-36)46-21-11-18-39-37-16-6-9-23-48(37)56-52(39)46/h2-24,26-28,30-33,38,43,49H,25,29H2,1H3. The van der Waals surface area contributed by atoms with Crippen molar-refractivity contribution in [1.82, 2.24) is 0 Å². The van der Waals surface area contributed by atoms with Crippen molar-refractivity contribution < 1.29 is 9.15 Å². The molecule has 8 aromatic rings. The van der Waals surface area contributed by atoms with E-state index in [-0.39, 0.29) is 18.1 Å². The molecule has 0 spiro atoms. The summed E-state index contributed by atoms with van der Waals surface area (Å²) in [5, 5.41) is 7.49. The maximum absolute atomic E-state index is 6.85. The summed E-state index contributed by atoms with van der Waals surface area (Å²) < 4.78 is 13.5. The molecule has 0 saturated carbocycles. The highest BCUT2D eigenvalue weighted by molar-refractivity contribution is 6.18. The van der Waals surface area contributed by atoms with E-state index >= 15 is 0 Å². The Balaban J connectivity index is 1.10. The van der Waals surface area contributed by atoms with Gasteiger partial charge in [0.1, 0.15) is 17.4 Å². The largest absolute Gasteiger partial charge is 0.483 e. The molecule has 0 fully saturated rings. The van der Waals surface area contributed by atoms with Crippen LogP contribution in [0.15, 0.2) is 180 Å². The molecule has 0 radical (unpaired) electrons. The van der Waals surface area contributed by atoms with Gasteiger partial charge in [-0.15, -0.1) is 0 Å². The summed E-state index contributed by atoms with van der Waals surface area (Å²) >= 11 is 0. The zero-order chi connectivity index (χ0) is 37.6. The first kappa shape index (κ1) is 32.5. The molecule has 2 heterocycles. The lowest BCUT2D eigenvalue weighted by Gasteiger charge is -2.38. The summed E-state index contributed by atoms with van der Waals surface area (Å²) in [5.74, 6) is 1.50. The van der Waals surface area contributed by atoms with Crippen LogP contribution >= 0.6 is 0 Å². The highest BCUT2D eigenvalue weighted by atomic mass is 16.5. The lowest BCUT2D eigenvalue weighted by atomic mass is 9.83. The van der Waals surface area contributed by atoms with Crippen LogP contribution in [0.1, 0.15) is 29.5 Å². The number of aryl methyl sites for hydroxylation is 2. The smallest absolute Gasteiger partial charge is 0.159 e. The molecule has 3 aliphatic carbocycles. The number of rotatable bonds is 6. The lowest BCUT2D eigenvalue weighted by Crippen LogP contribution is -2.35. The van der Waals surface area contributed by atoms with Gasteiger partial charge in [0.2, 0.25) is 0 Å². The van der Waals surface area contributed by atoms with E-state index in [0.29, 0.717) is 5.92 Å². The SMILES string of the molecule is CC1C=CC=CC1N(c1cccc2c1OC1C=CC=CC21)c1ccc2c3c1ccc1ccc(N(c4ccccc4)c4cccc5c4oc4ccccc45)c(c13)CC2. The number of allylic oxidation sites excluding steroid dienone is 4. The summed E-state index contributed by atoms with van der Waals surface area (Å²) in [6.45, 7) is 2.33. The van der Waals surface area contributed by atoms with Crippen molar-refractivity contribution in [1.29, 1.82) is 0 Å². The van der Waals surface area contributed by atoms with Gasteiger partial charge in [0.15, 0.2) is 5.58 Å². The van der Waals surface area contributed by atoms with Gasteiger partial charge in [-0.25, -0.2) is 0 Å². The average molecular weight is 737 g/mol. The molecule has 274 valence electrons. The first-order valence-electron chi connectivity index (χ1n) is 20.3. The van der Waals surface area contributed by atoms with Gasteiger partial charge in [0.25, 0.3) is 0 Å². The second-order valence-corrected chi connectivity index (χ2v) is 15.9. The molecular formula is C53H40N2O2.